The van der Waals surface area contributed by atoms with Crippen LogP contribution < -0.4 is 10.1 Å². The van der Waals surface area contributed by atoms with Gasteiger partial charge in [-0.05, 0) is 37.9 Å². The Labute approximate surface area is 175 Å². The summed E-state index contributed by atoms with van der Waals surface area (Å²) < 4.78 is 7.46. The summed E-state index contributed by atoms with van der Waals surface area (Å²) in [6, 6.07) is 15.3. The van der Waals surface area contributed by atoms with Crippen molar-refractivity contribution in [3.8, 4) is 5.75 Å². The molecule has 0 unspecified atom stereocenters. The quantitative estimate of drug-likeness (QED) is 0.395. The third kappa shape index (κ3) is 5.25. The molecule has 0 saturated carbocycles. The Morgan fingerprint density at radius 1 is 1.13 bits per heavy atom. The lowest BCUT2D eigenvalue weighted by Crippen LogP contribution is -2.35. The highest BCUT2D eigenvalue weighted by Gasteiger charge is 2.22. The lowest BCUT2D eigenvalue weighted by Gasteiger charge is -2.09. The Balaban J connectivity index is 1.94. The van der Waals surface area contributed by atoms with Gasteiger partial charge in [-0.1, -0.05) is 30.3 Å². The number of ether oxygens (including phenoxy) is 1. The third-order valence-electron chi connectivity index (χ3n) is 4.70. The zero-order valence-electron chi connectivity index (χ0n) is 17.3. The van der Waals surface area contributed by atoms with E-state index in [1.165, 1.54) is 0 Å². The smallest absolute Gasteiger partial charge is 0.292 e. The van der Waals surface area contributed by atoms with Crippen LogP contribution in [0.3, 0.4) is 0 Å². The summed E-state index contributed by atoms with van der Waals surface area (Å²) >= 11 is 0. The molecule has 1 amide bonds. The number of nitrogens with zero attached hydrogens (tertiary/aromatic N) is 2. The first-order chi connectivity index (χ1) is 14.5. The number of rotatable bonds is 10. The number of benzene rings is 2. The van der Waals surface area contributed by atoms with E-state index in [2.05, 4.69) is 5.32 Å². The molecule has 0 bridgehead atoms. The summed E-state index contributed by atoms with van der Waals surface area (Å²) in [6.45, 7) is 1.67. The number of hydrogen-bond donors (Lipinski definition) is 2. The number of amides is 1. The number of nitrogens with one attached hydrogen (secondary N) is 1. The van der Waals surface area contributed by atoms with E-state index in [1.807, 2.05) is 60.0 Å². The molecule has 30 heavy (non-hydrogen) atoms. The van der Waals surface area contributed by atoms with Crippen LogP contribution in [-0.4, -0.2) is 66.7 Å². The number of aromatic nitrogens is 1. The average Bonchev–Trinajstić information content (AvgIpc) is 3.09. The molecule has 0 aliphatic heterocycles. The lowest BCUT2D eigenvalue weighted by atomic mass is 10.1. The second-order valence-corrected chi connectivity index (χ2v) is 7.30. The SMILES string of the molecule is CN(C)CCNC(=O)C(=O)c1cn(Cc2ccccc2)c2ccc(OCCO)cc12. The predicted octanol–water partition coefficient (Wildman–Crippen LogP) is 1.92. The molecule has 158 valence electrons. The Bertz CT molecular complexity index is 1010. The molecular weight excluding hydrogens is 382 g/mol. The maximum absolute atomic E-state index is 12.9. The van der Waals surface area contributed by atoms with Gasteiger partial charge in [0.05, 0.1) is 12.2 Å². The summed E-state index contributed by atoms with van der Waals surface area (Å²) in [6.07, 6.45) is 1.72. The van der Waals surface area contributed by atoms with E-state index < -0.39 is 11.7 Å². The highest BCUT2D eigenvalue weighted by molar-refractivity contribution is 6.45. The Morgan fingerprint density at radius 3 is 2.60 bits per heavy atom. The second-order valence-electron chi connectivity index (χ2n) is 7.30. The van der Waals surface area contributed by atoms with Gasteiger partial charge < -0.3 is 24.6 Å². The Morgan fingerprint density at radius 2 is 1.90 bits per heavy atom. The molecule has 3 rings (SSSR count). The van der Waals surface area contributed by atoms with Crippen LogP contribution in [0.1, 0.15) is 15.9 Å². The fraction of sp³-hybridized carbons (Fsp3) is 0.304. The maximum Gasteiger partial charge on any atom is 0.292 e. The third-order valence-corrected chi connectivity index (χ3v) is 4.70. The van der Waals surface area contributed by atoms with Crippen LogP contribution in [0.25, 0.3) is 10.9 Å². The number of carbonyl (C=O) groups excluding carboxylic acids is 2. The van der Waals surface area contributed by atoms with E-state index in [4.69, 9.17) is 9.84 Å². The number of ketones is 1. The van der Waals surface area contributed by atoms with Crippen LogP contribution >= 0.6 is 0 Å². The van der Waals surface area contributed by atoms with Gasteiger partial charge in [-0.2, -0.15) is 0 Å². The largest absolute Gasteiger partial charge is 0.491 e. The number of fused-ring (bicyclic) bond motifs is 1. The second kappa shape index (κ2) is 10.0. The van der Waals surface area contributed by atoms with E-state index >= 15 is 0 Å². The molecule has 0 atom stereocenters. The van der Waals surface area contributed by atoms with Crippen LogP contribution in [-0.2, 0) is 11.3 Å². The van der Waals surface area contributed by atoms with Gasteiger partial charge in [-0.25, -0.2) is 0 Å². The van der Waals surface area contributed by atoms with Crippen molar-refractivity contribution in [3.63, 3.8) is 0 Å². The van der Waals surface area contributed by atoms with Crippen LogP contribution in [0.5, 0.6) is 5.75 Å². The van der Waals surface area contributed by atoms with Crippen molar-refractivity contribution in [2.45, 2.75) is 6.54 Å². The van der Waals surface area contributed by atoms with Gasteiger partial charge in [0.2, 0.25) is 0 Å². The molecule has 0 aliphatic rings. The van der Waals surface area contributed by atoms with Crippen molar-refractivity contribution < 1.29 is 19.4 Å². The number of aliphatic hydroxyl groups excluding tert-OH is 1. The Kier molecular flexibility index (Phi) is 7.21. The van der Waals surface area contributed by atoms with E-state index in [0.717, 1.165) is 11.1 Å². The van der Waals surface area contributed by atoms with Crippen molar-refractivity contribution in [2.24, 2.45) is 0 Å². The van der Waals surface area contributed by atoms with Crippen molar-refractivity contribution >= 4 is 22.6 Å². The first-order valence-corrected chi connectivity index (χ1v) is 9.87. The molecular formula is C23H27N3O4. The van der Waals surface area contributed by atoms with E-state index in [0.29, 0.717) is 36.3 Å². The van der Waals surface area contributed by atoms with Gasteiger partial charge in [-0.3, -0.25) is 9.59 Å². The summed E-state index contributed by atoms with van der Waals surface area (Å²) in [5, 5.41) is 12.3. The standard InChI is InChI=1S/C23H27N3O4/c1-25(2)11-10-24-23(29)22(28)20-16-26(15-17-6-4-3-5-7-17)21-9-8-18(14-19(20)21)30-13-12-27/h3-9,14,16,27H,10-13,15H2,1-2H3,(H,24,29). The highest BCUT2D eigenvalue weighted by Crippen LogP contribution is 2.27. The first kappa shape index (κ1) is 21.5. The molecule has 1 heterocycles. The monoisotopic (exact) mass is 409 g/mol. The van der Waals surface area contributed by atoms with Crippen molar-refractivity contribution in [3.05, 3.63) is 65.9 Å². The van der Waals surface area contributed by atoms with E-state index in [1.54, 1.807) is 18.3 Å². The number of Topliss-reactive ketones (excluding diaryl/α,β-unsaturated/α-hetero) is 1. The highest BCUT2D eigenvalue weighted by atomic mass is 16.5. The normalized spacial score (nSPS) is 11.1. The fourth-order valence-electron chi connectivity index (χ4n) is 3.22. The van der Waals surface area contributed by atoms with Crippen LogP contribution in [0.15, 0.2) is 54.7 Å². The number of aliphatic hydroxyl groups is 1. The Hall–Kier alpha value is -3.16. The fourth-order valence-corrected chi connectivity index (χ4v) is 3.22. The minimum absolute atomic E-state index is 0.104. The van der Waals surface area contributed by atoms with E-state index in [9.17, 15) is 9.59 Å². The number of hydrogen-bond acceptors (Lipinski definition) is 5. The summed E-state index contributed by atoms with van der Waals surface area (Å²) in [4.78, 5) is 27.3. The van der Waals surface area contributed by atoms with Gasteiger partial charge in [-0.15, -0.1) is 0 Å². The van der Waals surface area contributed by atoms with Gasteiger partial charge in [0.15, 0.2) is 0 Å². The first-order valence-electron chi connectivity index (χ1n) is 9.87. The van der Waals surface area contributed by atoms with Crippen molar-refractivity contribution in [1.29, 1.82) is 0 Å². The molecule has 3 aromatic rings. The van der Waals surface area contributed by atoms with Crippen LogP contribution in [0.4, 0.5) is 0 Å². The molecule has 7 nitrogen and oxygen atoms in total. The van der Waals surface area contributed by atoms with Crippen LogP contribution in [0.2, 0.25) is 0 Å². The maximum atomic E-state index is 12.9. The van der Waals surface area contributed by atoms with Gasteiger partial charge in [0, 0.05) is 36.7 Å². The minimum Gasteiger partial charge on any atom is -0.491 e. The van der Waals surface area contributed by atoms with Gasteiger partial charge in [0.1, 0.15) is 12.4 Å². The number of likely N-dealkylation sites (N-methyl/N-ethyl adjacent to an activating group) is 1. The summed E-state index contributed by atoms with van der Waals surface area (Å²) in [5.41, 5.74) is 2.25. The van der Waals surface area contributed by atoms with Gasteiger partial charge >= 0.3 is 0 Å². The zero-order chi connectivity index (χ0) is 21.5. The van der Waals surface area contributed by atoms with Crippen molar-refractivity contribution in [2.75, 3.05) is 40.4 Å². The van der Waals surface area contributed by atoms with Gasteiger partial charge in [0.25, 0.3) is 11.7 Å². The van der Waals surface area contributed by atoms with Crippen LogP contribution in [0, 0.1) is 0 Å². The molecule has 0 fully saturated rings. The average molecular weight is 409 g/mol. The zero-order valence-corrected chi connectivity index (χ0v) is 17.3. The molecule has 0 saturated heterocycles. The molecule has 0 radical (unpaired) electrons. The summed E-state index contributed by atoms with van der Waals surface area (Å²) in [7, 11) is 3.80. The lowest BCUT2D eigenvalue weighted by molar-refractivity contribution is -0.117. The topological polar surface area (TPSA) is 83.8 Å². The number of carbonyl (C=O) groups is 2. The molecule has 1 aromatic heterocycles. The molecule has 7 heteroatoms. The molecule has 2 aromatic carbocycles. The summed E-state index contributed by atoms with van der Waals surface area (Å²) in [5.74, 6) is -0.668. The minimum atomic E-state index is -0.628. The molecule has 0 aliphatic carbocycles. The predicted molar refractivity (Wildman–Crippen MR) is 116 cm³/mol. The molecule has 2 N–H and O–H groups in total. The van der Waals surface area contributed by atoms with Crippen molar-refractivity contribution in [1.82, 2.24) is 14.8 Å². The molecule has 0 spiro atoms. The van der Waals surface area contributed by atoms with E-state index in [-0.39, 0.29) is 13.2 Å².